The van der Waals surface area contributed by atoms with Gasteiger partial charge in [0.25, 0.3) is 5.91 Å². The van der Waals surface area contributed by atoms with Gasteiger partial charge in [0.2, 0.25) is 11.7 Å². The van der Waals surface area contributed by atoms with Crippen molar-refractivity contribution < 1.29 is 19.2 Å². The Labute approximate surface area is 192 Å². The van der Waals surface area contributed by atoms with Crippen molar-refractivity contribution in [1.82, 2.24) is 10.1 Å². The monoisotopic (exact) mass is 447 g/mol. The summed E-state index contributed by atoms with van der Waals surface area (Å²) < 4.78 is 5.24. The second kappa shape index (κ2) is 9.35. The average molecular weight is 448 g/mol. The van der Waals surface area contributed by atoms with Gasteiger partial charge >= 0.3 is 0 Å². The molecule has 1 aliphatic carbocycles. The number of nitrogens with zero attached hydrogens (tertiary/aromatic N) is 2. The number of likely N-dealkylation sites (tertiary alicyclic amines) is 1. The highest BCUT2D eigenvalue weighted by atomic mass is 16.5. The van der Waals surface area contributed by atoms with Gasteiger partial charge in [-0.1, -0.05) is 29.4 Å². The Morgan fingerprint density at radius 1 is 0.939 bits per heavy atom. The van der Waals surface area contributed by atoms with Crippen LogP contribution in [-0.4, -0.2) is 46.2 Å². The lowest BCUT2D eigenvalue weighted by molar-refractivity contribution is -0.138. The molecule has 2 aromatic carbocycles. The molecule has 1 aromatic heterocycles. The zero-order valence-electron chi connectivity index (χ0n) is 18.6. The van der Waals surface area contributed by atoms with E-state index in [1.54, 1.807) is 0 Å². The summed E-state index contributed by atoms with van der Waals surface area (Å²) in [5, 5.41) is 17.2. The Morgan fingerprint density at radius 2 is 1.64 bits per heavy atom. The Morgan fingerprint density at radius 3 is 2.36 bits per heavy atom. The van der Waals surface area contributed by atoms with E-state index in [1.165, 1.54) is 5.56 Å². The first-order valence-corrected chi connectivity index (χ1v) is 11.8. The standard InChI is InChI=1S/C26H29N3O4/c30-21-13-15-29(16-14-21)26(32)19-7-5-17(6-8-19)18-9-11-20(12-10-18)27-25(31)24-22-3-1-2-4-23(22)28-33-24/h1-4,9-12,17,19,21,30H,5-8,13-16H2,(H,27,31)/t17-,19+. The third kappa shape index (κ3) is 4.64. The third-order valence-electron chi connectivity index (χ3n) is 7.08. The van der Waals surface area contributed by atoms with Crippen LogP contribution < -0.4 is 5.32 Å². The number of piperidine rings is 1. The molecular weight excluding hydrogens is 418 g/mol. The van der Waals surface area contributed by atoms with Gasteiger partial charge in [-0.3, -0.25) is 9.59 Å². The van der Waals surface area contributed by atoms with Crippen LogP contribution in [0.3, 0.4) is 0 Å². The number of anilines is 1. The molecule has 0 spiro atoms. The van der Waals surface area contributed by atoms with Gasteiger partial charge in [-0.15, -0.1) is 0 Å². The van der Waals surface area contributed by atoms with Gasteiger partial charge in [0.05, 0.1) is 11.5 Å². The van der Waals surface area contributed by atoms with Crippen molar-refractivity contribution in [3.05, 3.63) is 59.9 Å². The van der Waals surface area contributed by atoms with E-state index in [0.29, 0.717) is 48.4 Å². The summed E-state index contributed by atoms with van der Waals surface area (Å²) >= 11 is 0. The molecule has 5 rings (SSSR count). The second-order valence-corrected chi connectivity index (χ2v) is 9.21. The molecule has 2 heterocycles. The highest BCUT2D eigenvalue weighted by Gasteiger charge is 2.31. The fourth-order valence-corrected chi connectivity index (χ4v) is 5.10. The molecule has 3 aromatic rings. The van der Waals surface area contributed by atoms with Gasteiger partial charge < -0.3 is 19.8 Å². The normalized spacial score (nSPS) is 21.8. The lowest BCUT2D eigenvalue weighted by Gasteiger charge is -2.35. The minimum atomic E-state index is -0.319. The molecule has 1 aliphatic heterocycles. The molecular formula is C26H29N3O4. The molecule has 33 heavy (non-hydrogen) atoms. The van der Waals surface area contributed by atoms with Crippen molar-refractivity contribution in [2.24, 2.45) is 5.92 Å². The van der Waals surface area contributed by atoms with Gasteiger partial charge in [-0.25, -0.2) is 0 Å². The maximum atomic E-state index is 12.8. The second-order valence-electron chi connectivity index (χ2n) is 9.21. The summed E-state index contributed by atoms with van der Waals surface area (Å²) in [4.78, 5) is 27.4. The van der Waals surface area contributed by atoms with Crippen LogP contribution in [0, 0.1) is 5.92 Å². The van der Waals surface area contributed by atoms with Crippen LogP contribution in [-0.2, 0) is 4.79 Å². The molecule has 0 unspecified atom stereocenters. The number of aliphatic hydroxyl groups is 1. The quantitative estimate of drug-likeness (QED) is 0.620. The van der Waals surface area contributed by atoms with Crippen LogP contribution >= 0.6 is 0 Å². The van der Waals surface area contributed by atoms with Crippen LogP contribution in [0.25, 0.3) is 10.9 Å². The number of hydrogen-bond acceptors (Lipinski definition) is 5. The number of nitrogens with one attached hydrogen (secondary N) is 1. The summed E-state index contributed by atoms with van der Waals surface area (Å²) in [6, 6.07) is 15.3. The molecule has 0 bridgehead atoms. The average Bonchev–Trinajstić information content (AvgIpc) is 3.29. The molecule has 7 nitrogen and oxygen atoms in total. The predicted molar refractivity (Wildman–Crippen MR) is 125 cm³/mol. The minimum Gasteiger partial charge on any atom is -0.393 e. The summed E-state index contributed by atoms with van der Waals surface area (Å²) in [6.45, 7) is 1.36. The highest BCUT2D eigenvalue weighted by Crippen LogP contribution is 2.37. The van der Waals surface area contributed by atoms with Crippen LogP contribution in [0.1, 0.15) is 60.6 Å². The zero-order chi connectivity index (χ0) is 22.8. The van der Waals surface area contributed by atoms with E-state index in [0.717, 1.165) is 25.7 Å². The third-order valence-corrected chi connectivity index (χ3v) is 7.08. The van der Waals surface area contributed by atoms with E-state index in [9.17, 15) is 14.7 Å². The van der Waals surface area contributed by atoms with E-state index in [2.05, 4.69) is 22.6 Å². The van der Waals surface area contributed by atoms with Crippen LogP contribution in [0.2, 0.25) is 0 Å². The molecule has 172 valence electrons. The Kier molecular flexibility index (Phi) is 6.13. The number of amides is 2. The van der Waals surface area contributed by atoms with Gasteiger partial charge in [-0.2, -0.15) is 0 Å². The molecule has 2 aliphatic rings. The smallest absolute Gasteiger partial charge is 0.294 e. The van der Waals surface area contributed by atoms with Gasteiger partial charge in [0.1, 0.15) is 5.52 Å². The van der Waals surface area contributed by atoms with Crippen molar-refractivity contribution >= 4 is 28.4 Å². The van der Waals surface area contributed by atoms with Crippen molar-refractivity contribution in [2.75, 3.05) is 18.4 Å². The first-order valence-electron chi connectivity index (χ1n) is 11.8. The van der Waals surface area contributed by atoms with Crippen LogP contribution in [0.4, 0.5) is 5.69 Å². The Bertz CT molecular complexity index is 1120. The number of benzene rings is 2. The van der Waals surface area contributed by atoms with Crippen molar-refractivity contribution in [3.63, 3.8) is 0 Å². The van der Waals surface area contributed by atoms with E-state index in [-0.39, 0.29) is 29.6 Å². The van der Waals surface area contributed by atoms with Gasteiger partial charge in [0, 0.05) is 24.7 Å². The van der Waals surface area contributed by atoms with E-state index in [4.69, 9.17) is 4.52 Å². The molecule has 0 radical (unpaired) electrons. The Balaban J connectivity index is 1.16. The first-order chi connectivity index (χ1) is 16.1. The number of fused-ring (bicyclic) bond motifs is 1. The van der Waals surface area contributed by atoms with Gasteiger partial charge in [-0.05, 0) is 74.3 Å². The molecule has 0 atom stereocenters. The van der Waals surface area contributed by atoms with Crippen molar-refractivity contribution in [3.8, 4) is 0 Å². The molecule has 2 amide bonds. The summed E-state index contributed by atoms with van der Waals surface area (Å²) in [5.41, 5.74) is 2.61. The fraction of sp³-hybridized carbons (Fsp3) is 0.423. The largest absolute Gasteiger partial charge is 0.393 e. The van der Waals surface area contributed by atoms with Crippen molar-refractivity contribution in [1.29, 1.82) is 0 Å². The topological polar surface area (TPSA) is 95.7 Å². The summed E-state index contributed by atoms with van der Waals surface area (Å²) in [6.07, 6.45) is 4.91. The van der Waals surface area contributed by atoms with Crippen LogP contribution in [0.5, 0.6) is 0 Å². The Hall–Kier alpha value is -3.19. The lowest BCUT2D eigenvalue weighted by atomic mass is 9.78. The van der Waals surface area contributed by atoms with E-state index in [1.807, 2.05) is 41.3 Å². The SMILES string of the molecule is O=C(Nc1ccc([C@H]2CC[C@@H](C(=O)N3CCC(O)CC3)CC2)cc1)c1onc2ccccc12. The zero-order valence-corrected chi connectivity index (χ0v) is 18.6. The number of hydrogen-bond donors (Lipinski definition) is 2. The highest BCUT2D eigenvalue weighted by molar-refractivity contribution is 6.10. The minimum absolute atomic E-state index is 0.104. The molecule has 7 heteroatoms. The fourth-order valence-electron chi connectivity index (χ4n) is 5.10. The first kappa shape index (κ1) is 21.6. The molecule has 2 N–H and O–H groups in total. The number of carbonyl (C=O) groups is 2. The summed E-state index contributed by atoms with van der Waals surface area (Å²) in [5.74, 6) is 0.687. The molecule has 2 fully saturated rings. The lowest BCUT2D eigenvalue weighted by Crippen LogP contribution is -2.43. The number of rotatable bonds is 4. The maximum Gasteiger partial charge on any atom is 0.294 e. The summed E-state index contributed by atoms with van der Waals surface area (Å²) in [7, 11) is 0. The number of carbonyl (C=O) groups excluding carboxylic acids is 2. The predicted octanol–water partition coefficient (Wildman–Crippen LogP) is 4.34. The van der Waals surface area contributed by atoms with E-state index < -0.39 is 0 Å². The number of aromatic nitrogens is 1. The van der Waals surface area contributed by atoms with E-state index >= 15 is 0 Å². The van der Waals surface area contributed by atoms with Crippen LogP contribution in [0.15, 0.2) is 53.1 Å². The van der Waals surface area contributed by atoms with Gasteiger partial charge in [0.15, 0.2) is 0 Å². The molecule has 1 saturated heterocycles. The van der Waals surface area contributed by atoms with Crippen molar-refractivity contribution in [2.45, 2.75) is 50.5 Å². The maximum absolute atomic E-state index is 12.8. The number of aliphatic hydroxyl groups excluding tert-OH is 1. The molecule has 1 saturated carbocycles.